The molecule has 0 bridgehead atoms. The maximum atomic E-state index is 12.1. The summed E-state index contributed by atoms with van der Waals surface area (Å²) in [6.07, 6.45) is 0.478. The minimum atomic E-state index is -0.101. The lowest BCUT2D eigenvalue weighted by atomic mass is 9.97. The fourth-order valence-electron chi connectivity index (χ4n) is 2.24. The number of halogens is 1. The molecule has 0 aliphatic carbocycles. The minimum absolute atomic E-state index is 0. The van der Waals surface area contributed by atoms with Crippen LogP contribution < -0.4 is 10.6 Å². The van der Waals surface area contributed by atoms with Crippen molar-refractivity contribution in [2.24, 2.45) is 0 Å². The molecule has 0 saturated carbocycles. The fraction of sp³-hybridized carbons (Fsp3) is 0.278. The normalized spacial score (nSPS) is 11.4. The number of hydrogen-bond donors (Lipinski definition) is 2. The van der Waals surface area contributed by atoms with Crippen LogP contribution in [0.1, 0.15) is 29.2 Å². The second-order valence-corrected chi connectivity index (χ2v) is 5.18. The van der Waals surface area contributed by atoms with Gasteiger partial charge >= 0.3 is 0 Å². The van der Waals surface area contributed by atoms with Crippen molar-refractivity contribution >= 4 is 18.3 Å². The van der Waals surface area contributed by atoms with E-state index >= 15 is 0 Å². The molecule has 0 aliphatic heterocycles. The summed E-state index contributed by atoms with van der Waals surface area (Å²) in [5.74, 6) is 0.0544. The Labute approximate surface area is 138 Å². The first kappa shape index (κ1) is 18.2. The molecule has 2 rings (SSSR count). The van der Waals surface area contributed by atoms with E-state index in [1.807, 2.05) is 37.4 Å². The molecule has 1 atom stereocenters. The molecule has 2 N–H and O–H groups in total. The van der Waals surface area contributed by atoms with Gasteiger partial charge in [0.15, 0.2) is 0 Å². The average molecular weight is 319 g/mol. The van der Waals surface area contributed by atoms with Crippen LogP contribution in [-0.2, 0) is 4.79 Å². The van der Waals surface area contributed by atoms with E-state index in [1.165, 1.54) is 5.56 Å². The lowest BCUT2D eigenvalue weighted by Gasteiger charge is -2.20. The summed E-state index contributed by atoms with van der Waals surface area (Å²) in [5.41, 5.74) is 3.41. The van der Waals surface area contributed by atoms with Gasteiger partial charge in [-0.25, -0.2) is 0 Å². The first-order valence-electron chi connectivity index (χ1n) is 7.26. The molecule has 0 aliphatic rings. The first-order chi connectivity index (χ1) is 10.2. The van der Waals surface area contributed by atoms with Gasteiger partial charge in [-0.05, 0) is 25.1 Å². The largest absolute Gasteiger partial charge is 0.345 e. The number of aryl methyl sites for hydroxylation is 1. The summed E-state index contributed by atoms with van der Waals surface area (Å²) in [6.45, 7) is 2.74. The molecule has 0 heterocycles. The van der Waals surface area contributed by atoms with E-state index in [1.54, 1.807) is 0 Å². The lowest BCUT2D eigenvalue weighted by molar-refractivity contribution is -0.121. The van der Waals surface area contributed by atoms with Crippen LogP contribution in [0.15, 0.2) is 54.6 Å². The Hall–Kier alpha value is -1.84. The van der Waals surface area contributed by atoms with Crippen LogP contribution in [0, 0.1) is 6.92 Å². The van der Waals surface area contributed by atoms with Crippen LogP contribution in [0.5, 0.6) is 0 Å². The van der Waals surface area contributed by atoms with Gasteiger partial charge in [0.05, 0.1) is 6.04 Å². The SMILES string of the molecule is CNCCC(=O)NC(c1ccccc1)c1ccc(C)cc1.Cl. The Balaban J connectivity index is 0.00000242. The molecule has 4 heteroatoms. The highest BCUT2D eigenvalue weighted by atomic mass is 35.5. The molecule has 1 unspecified atom stereocenters. The van der Waals surface area contributed by atoms with Gasteiger partial charge < -0.3 is 10.6 Å². The molecule has 2 aromatic rings. The third kappa shape index (κ3) is 5.17. The number of amides is 1. The van der Waals surface area contributed by atoms with Gasteiger partial charge in [0.2, 0.25) is 5.91 Å². The van der Waals surface area contributed by atoms with E-state index in [-0.39, 0.29) is 24.4 Å². The summed E-state index contributed by atoms with van der Waals surface area (Å²) in [6, 6.07) is 18.3. The molecular weight excluding hydrogens is 296 g/mol. The topological polar surface area (TPSA) is 41.1 Å². The van der Waals surface area contributed by atoms with Gasteiger partial charge in [0.25, 0.3) is 0 Å². The van der Waals surface area contributed by atoms with Crippen molar-refractivity contribution in [2.75, 3.05) is 13.6 Å². The average Bonchev–Trinajstić information content (AvgIpc) is 2.52. The molecule has 1 amide bonds. The Morgan fingerprint density at radius 1 is 1.00 bits per heavy atom. The maximum Gasteiger partial charge on any atom is 0.222 e. The van der Waals surface area contributed by atoms with Crippen molar-refractivity contribution in [1.29, 1.82) is 0 Å². The van der Waals surface area contributed by atoms with Crippen LogP contribution in [0.25, 0.3) is 0 Å². The zero-order valence-electron chi connectivity index (χ0n) is 13.0. The molecule has 0 spiro atoms. The summed E-state index contributed by atoms with van der Waals surface area (Å²) in [7, 11) is 1.85. The molecule has 2 aromatic carbocycles. The zero-order valence-corrected chi connectivity index (χ0v) is 13.8. The van der Waals surface area contributed by atoms with Crippen molar-refractivity contribution in [3.63, 3.8) is 0 Å². The van der Waals surface area contributed by atoms with Crippen LogP contribution in [0.2, 0.25) is 0 Å². The summed E-state index contributed by atoms with van der Waals surface area (Å²) in [4.78, 5) is 12.1. The van der Waals surface area contributed by atoms with Crippen molar-refractivity contribution in [1.82, 2.24) is 10.6 Å². The van der Waals surface area contributed by atoms with E-state index in [4.69, 9.17) is 0 Å². The first-order valence-corrected chi connectivity index (χ1v) is 7.26. The fourth-order valence-corrected chi connectivity index (χ4v) is 2.24. The van der Waals surface area contributed by atoms with E-state index < -0.39 is 0 Å². The highest BCUT2D eigenvalue weighted by Crippen LogP contribution is 2.22. The number of hydrogen-bond acceptors (Lipinski definition) is 2. The third-order valence-corrected chi connectivity index (χ3v) is 3.45. The number of rotatable bonds is 6. The predicted octanol–water partition coefficient (Wildman–Crippen LogP) is 3.23. The Morgan fingerprint density at radius 3 is 2.18 bits per heavy atom. The van der Waals surface area contributed by atoms with Gasteiger partial charge in [-0.2, -0.15) is 0 Å². The Bertz CT molecular complexity index is 569. The summed E-state index contributed by atoms with van der Waals surface area (Å²) < 4.78 is 0. The van der Waals surface area contributed by atoms with E-state index in [2.05, 4.69) is 41.8 Å². The van der Waals surface area contributed by atoms with Crippen LogP contribution in [0.4, 0.5) is 0 Å². The standard InChI is InChI=1S/C18H22N2O.ClH/c1-14-8-10-16(11-9-14)18(15-6-4-3-5-7-15)20-17(21)12-13-19-2;/h3-11,18-19H,12-13H2,1-2H3,(H,20,21);1H. The molecular formula is C18H23ClN2O. The van der Waals surface area contributed by atoms with Crippen molar-refractivity contribution in [3.05, 3.63) is 71.3 Å². The predicted molar refractivity (Wildman–Crippen MR) is 93.4 cm³/mol. The summed E-state index contributed by atoms with van der Waals surface area (Å²) in [5, 5.41) is 6.12. The molecule has 0 fully saturated rings. The monoisotopic (exact) mass is 318 g/mol. The van der Waals surface area contributed by atoms with Crippen LogP contribution >= 0.6 is 12.4 Å². The van der Waals surface area contributed by atoms with Crippen molar-refractivity contribution < 1.29 is 4.79 Å². The molecule has 118 valence electrons. The maximum absolute atomic E-state index is 12.1. The third-order valence-electron chi connectivity index (χ3n) is 3.45. The van der Waals surface area contributed by atoms with Gasteiger partial charge in [-0.3, -0.25) is 4.79 Å². The van der Waals surface area contributed by atoms with E-state index in [0.29, 0.717) is 13.0 Å². The van der Waals surface area contributed by atoms with Crippen molar-refractivity contribution in [3.8, 4) is 0 Å². The highest BCUT2D eigenvalue weighted by molar-refractivity contribution is 5.85. The number of carbonyl (C=O) groups excluding carboxylic acids is 1. The van der Waals surface area contributed by atoms with Crippen molar-refractivity contribution in [2.45, 2.75) is 19.4 Å². The molecule has 0 aromatic heterocycles. The second-order valence-electron chi connectivity index (χ2n) is 5.18. The zero-order chi connectivity index (χ0) is 15.1. The van der Waals surface area contributed by atoms with Gasteiger partial charge in [0, 0.05) is 13.0 Å². The van der Waals surface area contributed by atoms with Crippen LogP contribution in [0.3, 0.4) is 0 Å². The molecule has 3 nitrogen and oxygen atoms in total. The number of benzene rings is 2. The van der Waals surface area contributed by atoms with E-state index in [9.17, 15) is 4.79 Å². The quantitative estimate of drug-likeness (QED) is 0.858. The van der Waals surface area contributed by atoms with Crippen LogP contribution in [-0.4, -0.2) is 19.5 Å². The molecule has 22 heavy (non-hydrogen) atoms. The Kier molecular flexibility index (Phi) is 7.64. The Morgan fingerprint density at radius 2 is 1.59 bits per heavy atom. The lowest BCUT2D eigenvalue weighted by Crippen LogP contribution is -2.31. The van der Waals surface area contributed by atoms with Gasteiger partial charge in [-0.15, -0.1) is 12.4 Å². The smallest absolute Gasteiger partial charge is 0.222 e. The number of nitrogens with one attached hydrogen (secondary N) is 2. The second kappa shape index (κ2) is 9.23. The van der Waals surface area contributed by atoms with Gasteiger partial charge in [0.1, 0.15) is 0 Å². The summed E-state index contributed by atoms with van der Waals surface area (Å²) >= 11 is 0. The molecule has 0 saturated heterocycles. The number of carbonyl (C=O) groups is 1. The minimum Gasteiger partial charge on any atom is -0.345 e. The van der Waals surface area contributed by atoms with Gasteiger partial charge in [-0.1, -0.05) is 60.2 Å². The van der Waals surface area contributed by atoms with E-state index in [0.717, 1.165) is 11.1 Å². The highest BCUT2D eigenvalue weighted by Gasteiger charge is 2.16. The molecule has 0 radical (unpaired) electrons.